The number of aliphatic hydroxyl groups excluding tert-OH is 3. The van der Waals surface area contributed by atoms with Gasteiger partial charge >= 0.3 is 5.97 Å². The second-order valence-electron chi connectivity index (χ2n) is 8.58. The maximum Gasteiger partial charge on any atom is 0.334 e. The van der Waals surface area contributed by atoms with Crippen LogP contribution in [0.4, 0.5) is 0 Å². The average molecular weight is 380 g/mol. The molecule has 2 aliphatic carbocycles. The molecule has 0 radical (unpaired) electrons. The summed E-state index contributed by atoms with van der Waals surface area (Å²) in [6.07, 6.45) is -0.557. The summed E-state index contributed by atoms with van der Waals surface area (Å²) in [5.41, 5.74) is 1.10. The molecule has 0 bridgehead atoms. The lowest BCUT2D eigenvalue weighted by Gasteiger charge is -2.42. The van der Waals surface area contributed by atoms with Gasteiger partial charge in [-0.1, -0.05) is 12.2 Å². The van der Waals surface area contributed by atoms with Gasteiger partial charge < -0.3 is 29.5 Å². The third-order valence-electron chi connectivity index (χ3n) is 6.93. The molecule has 4 aliphatic rings. The van der Waals surface area contributed by atoms with Crippen LogP contribution < -0.4 is 0 Å². The number of esters is 1. The maximum absolute atomic E-state index is 12.0. The fourth-order valence-corrected chi connectivity index (χ4v) is 5.22. The van der Waals surface area contributed by atoms with E-state index in [2.05, 4.69) is 13.5 Å². The molecule has 3 N–H and O–H groups in total. The molecule has 4 rings (SSSR count). The molecule has 150 valence electrons. The van der Waals surface area contributed by atoms with E-state index >= 15 is 0 Å². The molecule has 0 aromatic heterocycles. The van der Waals surface area contributed by atoms with E-state index in [-0.39, 0.29) is 30.5 Å². The SMILES string of the molecule is C=C1C(=O)O[C@H]2C=C(C)[C@H]3CC[C@@](C)(O[C@@H]4OC[C@H](O)[C@H](O)[C@H]4O)[C@@H]3C[C@H]12. The van der Waals surface area contributed by atoms with Gasteiger partial charge in [-0.25, -0.2) is 4.79 Å². The number of carbonyl (C=O) groups excluding carboxylic acids is 1. The summed E-state index contributed by atoms with van der Waals surface area (Å²) in [4.78, 5) is 12.0. The van der Waals surface area contributed by atoms with Gasteiger partial charge in [0.1, 0.15) is 24.4 Å². The van der Waals surface area contributed by atoms with E-state index in [4.69, 9.17) is 14.2 Å². The van der Waals surface area contributed by atoms with Gasteiger partial charge in [-0.2, -0.15) is 0 Å². The molecule has 0 aromatic rings. The van der Waals surface area contributed by atoms with Gasteiger partial charge in [0.2, 0.25) is 0 Å². The van der Waals surface area contributed by atoms with Gasteiger partial charge in [0.25, 0.3) is 0 Å². The van der Waals surface area contributed by atoms with E-state index in [0.29, 0.717) is 17.9 Å². The van der Waals surface area contributed by atoms with Crippen LogP contribution in [0.1, 0.15) is 33.1 Å². The van der Waals surface area contributed by atoms with Gasteiger partial charge in [0.15, 0.2) is 6.29 Å². The zero-order valence-corrected chi connectivity index (χ0v) is 15.7. The third kappa shape index (κ3) is 3.06. The van der Waals surface area contributed by atoms with Crippen LogP contribution in [0.5, 0.6) is 0 Å². The quantitative estimate of drug-likeness (QED) is 0.367. The Morgan fingerprint density at radius 1 is 1.26 bits per heavy atom. The minimum Gasteiger partial charge on any atom is -0.454 e. The Labute approximate surface area is 158 Å². The molecule has 2 saturated heterocycles. The van der Waals surface area contributed by atoms with E-state index in [1.165, 1.54) is 5.57 Å². The minimum atomic E-state index is -1.31. The molecule has 0 aromatic carbocycles. The van der Waals surface area contributed by atoms with Crippen molar-refractivity contribution >= 4 is 5.97 Å². The number of ether oxygens (including phenoxy) is 3. The smallest absolute Gasteiger partial charge is 0.334 e. The first-order valence-electron chi connectivity index (χ1n) is 9.63. The van der Waals surface area contributed by atoms with Crippen molar-refractivity contribution in [1.82, 2.24) is 0 Å². The zero-order chi connectivity index (χ0) is 19.5. The van der Waals surface area contributed by atoms with Crippen LogP contribution in [0, 0.1) is 17.8 Å². The molecule has 0 spiro atoms. The van der Waals surface area contributed by atoms with E-state index in [1.807, 2.05) is 13.0 Å². The molecule has 3 fully saturated rings. The minimum absolute atomic E-state index is 0.0758. The summed E-state index contributed by atoms with van der Waals surface area (Å²) >= 11 is 0. The number of carbonyl (C=O) groups is 1. The average Bonchev–Trinajstić information content (AvgIpc) is 3.02. The summed E-state index contributed by atoms with van der Waals surface area (Å²) < 4.78 is 17.2. The van der Waals surface area contributed by atoms with Crippen molar-refractivity contribution < 1.29 is 34.3 Å². The van der Waals surface area contributed by atoms with Crippen molar-refractivity contribution in [3.8, 4) is 0 Å². The Morgan fingerprint density at radius 2 is 2.00 bits per heavy atom. The summed E-state index contributed by atoms with van der Waals surface area (Å²) in [5.74, 6) is -0.0116. The molecule has 2 aliphatic heterocycles. The third-order valence-corrected chi connectivity index (χ3v) is 6.93. The molecule has 7 heteroatoms. The number of aliphatic hydroxyl groups is 3. The number of fused-ring (bicyclic) bond motifs is 2. The molecule has 1 saturated carbocycles. The van der Waals surface area contributed by atoms with Gasteiger partial charge in [-0.15, -0.1) is 0 Å². The normalized spacial score (nSPS) is 49.9. The van der Waals surface area contributed by atoms with E-state index in [1.54, 1.807) is 0 Å². The molecule has 7 nitrogen and oxygen atoms in total. The molecule has 27 heavy (non-hydrogen) atoms. The van der Waals surface area contributed by atoms with Crippen LogP contribution in [-0.2, 0) is 19.0 Å². The topological polar surface area (TPSA) is 105 Å². The molecule has 9 atom stereocenters. The second kappa shape index (κ2) is 6.67. The second-order valence-corrected chi connectivity index (χ2v) is 8.58. The fourth-order valence-electron chi connectivity index (χ4n) is 5.22. The van der Waals surface area contributed by atoms with Crippen molar-refractivity contribution in [1.29, 1.82) is 0 Å². The van der Waals surface area contributed by atoms with Crippen LogP contribution in [0.15, 0.2) is 23.8 Å². The number of hydrogen-bond donors (Lipinski definition) is 3. The van der Waals surface area contributed by atoms with Crippen LogP contribution in [0.2, 0.25) is 0 Å². The fraction of sp³-hybridized carbons (Fsp3) is 0.750. The van der Waals surface area contributed by atoms with Gasteiger partial charge in [-0.05, 0) is 51.0 Å². The number of hydrogen-bond acceptors (Lipinski definition) is 7. The summed E-state index contributed by atoms with van der Waals surface area (Å²) in [5, 5.41) is 29.9. The molecule has 2 heterocycles. The molecular weight excluding hydrogens is 352 g/mol. The van der Waals surface area contributed by atoms with Crippen LogP contribution >= 0.6 is 0 Å². The highest BCUT2D eigenvalue weighted by molar-refractivity contribution is 5.91. The lowest BCUT2D eigenvalue weighted by Crippen LogP contribution is -2.56. The van der Waals surface area contributed by atoms with Gasteiger partial charge in [-0.3, -0.25) is 0 Å². The largest absolute Gasteiger partial charge is 0.454 e. The monoisotopic (exact) mass is 380 g/mol. The Kier molecular flexibility index (Phi) is 4.71. The molecule has 0 unspecified atom stereocenters. The van der Waals surface area contributed by atoms with Gasteiger partial charge in [0, 0.05) is 11.5 Å². The first-order chi connectivity index (χ1) is 12.7. The highest BCUT2D eigenvalue weighted by Gasteiger charge is 2.54. The lowest BCUT2D eigenvalue weighted by atomic mass is 9.78. The predicted molar refractivity (Wildman–Crippen MR) is 94.3 cm³/mol. The van der Waals surface area contributed by atoms with Crippen molar-refractivity contribution in [2.75, 3.05) is 6.61 Å². The highest BCUT2D eigenvalue weighted by atomic mass is 16.7. The van der Waals surface area contributed by atoms with Crippen molar-refractivity contribution in [2.45, 2.75) is 69.4 Å². The van der Waals surface area contributed by atoms with Crippen molar-refractivity contribution in [2.24, 2.45) is 17.8 Å². The number of rotatable bonds is 2. The van der Waals surface area contributed by atoms with E-state index in [9.17, 15) is 20.1 Å². The standard InChI is InChI=1S/C20H28O7/c1-9-6-15-12(10(2)18(24)26-15)7-13-11(9)4-5-20(13,3)27-19-17(23)16(22)14(21)8-25-19/h6,11-17,19,21-23H,2,4-5,7-8H2,1,3H3/t11-,12-,13-,14+,15+,16+,17-,19+,20-/m1/s1. The Morgan fingerprint density at radius 3 is 2.74 bits per heavy atom. The van der Waals surface area contributed by atoms with E-state index < -0.39 is 30.2 Å². The lowest BCUT2D eigenvalue weighted by molar-refractivity contribution is -0.304. The first-order valence-corrected chi connectivity index (χ1v) is 9.63. The Balaban J connectivity index is 1.57. The van der Waals surface area contributed by atoms with E-state index in [0.717, 1.165) is 12.8 Å². The predicted octanol–water partition coefficient (Wildman–Crippen LogP) is 0.675. The maximum atomic E-state index is 12.0. The molecular formula is C20H28O7. The molecule has 0 amide bonds. The summed E-state index contributed by atoms with van der Waals surface area (Å²) in [6.45, 7) is 7.90. The van der Waals surface area contributed by atoms with Crippen LogP contribution in [0.3, 0.4) is 0 Å². The summed E-state index contributed by atoms with van der Waals surface area (Å²) in [7, 11) is 0. The highest BCUT2D eigenvalue weighted by Crippen LogP contribution is 2.53. The van der Waals surface area contributed by atoms with Crippen LogP contribution in [0.25, 0.3) is 0 Å². The van der Waals surface area contributed by atoms with Crippen molar-refractivity contribution in [3.63, 3.8) is 0 Å². The zero-order valence-electron chi connectivity index (χ0n) is 15.7. The Bertz CT molecular complexity index is 673. The number of allylic oxidation sites excluding steroid dienone is 1. The summed E-state index contributed by atoms with van der Waals surface area (Å²) in [6, 6.07) is 0. The Hall–Kier alpha value is -1.25. The first kappa shape index (κ1) is 19.1. The van der Waals surface area contributed by atoms with Gasteiger partial charge in [0.05, 0.1) is 12.2 Å². The van der Waals surface area contributed by atoms with Crippen LogP contribution in [-0.4, -0.2) is 64.2 Å². The van der Waals surface area contributed by atoms with Crippen molar-refractivity contribution in [3.05, 3.63) is 23.8 Å².